The van der Waals surface area contributed by atoms with Crippen LogP contribution in [-0.4, -0.2) is 35.8 Å². The van der Waals surface area contributed by atoms with E-state index in [9.17, 15) is 9.59 Å². The Labute approximate surface area is 134 Å². The molecule has 0 spiro atoms. The van der Waals surface area contributed by atoms with Gasteiger partial charge in [-0.05, 0) is 43.5 Å². The minimum Gasteiger partial charge on any atom is -0.492 e. The normalized spacial score (nSPS) is 10.1. The van der Waals surface area contributed by atoms with Gasteiger partial charge in [0.05, 0.1) is 25.6 Å². The van der Waals surface area contributed by atoms with Gasteiger partial charge in [0, 0.05) is 0 Å². The molecule has 2 aromatic rings. The highest BCUT2D eigenvalue weighted by Gasteiger charge is 1.98. The van der Waals surface area contributed by atoms with E-state index in [2.05, 4.69) is 9.97 Å². The second-order valence-corrected chi connectivity index (χ2v) is 4.83. The van der Waals surface area contributed by atoms with Crippen LogP contribution in [0.15, 0.2) is 36.7 Å². The maximum Gasteiger partial charge on any atom is 0.168 e. The zero-order valence-electron chi connectivity index (χ0n) is 12.7. The number of nitrogens with zero attached hydrogens (tertiary/aromatic N) is 2. The lowest BCUT2D eigenvalue weighted by atomic mass is 10.2. The Morgan fingerprint density at radius 3 is 1.57 bits per heavy atom. The molecular formula is C17H18N2O4. The number of rotatable bonds is 10. The average molecular weight is 314 g/mol. The molecule has 2 rings (SSSR count). The Kier molecular flexibility index (Phi) is 6.71. The molecule has 0 atom stereocenters. The van der Waals surface area contributed by atoms with Gasteiger partial charge in [-0.2, -0.15) is 0 Å². The van der Waals surface area contributed by atoms with Crippen molar-refractivity contribution in [3.8, 4) is 11.5 Å². The van der Waals surface area contributed by atoms with Crippen molar-refractivity contribution in [2.24, 2.45) is 0 Å². The van der Waals surface area contributed by atoms with Crippen LogP contribution in [0.1, 0.15) is 40.2 Å². The van der Waals surface area contributed by atoms with Gasteiger partial charge in [0.2, 0.25) is 0 Å². The maximum absolute atomic E-state index is 10.5. The number of hydrogen-bond donors (Lipinski definition) is 0. The Bertz CT molecular complexity index is 556. The molecule has 0 amide bonds. The molecular weight excluding hydrogens is 296 g/mol. The number of hydrogen-bond acceptors (Lipinski definition) is 6. The first-order valence-corrected chi connectivity index (χ1v) is 7.40. The number of ether oxygens (including phenoxy) is 2. The van der Waals surface area contributed by atoms with Crippen LogP contribution in [0.25, 0.3) is 0 Å². The molecule has 120 valence electrons. The fourth-order valence-electron chi connectivity index (χ4n) is 1.85. The number of aromatic nitrogens is 2. The van der Waals surface area contributed by atoms with Crippen LogP contribution in [0.5, 0.6) is 11.5 Å². The molecule has 0 unspecified atom stereocenters. The van der Waals surface area contributed by atoms with E-state index in [4.69, 9.17) is 9.47 Å². The number of pyridine rings is 2. The Balaban J connectivity index is 1.54. The Morgan fingerprint density at radius 1 is 0.739 bits per heavy atom. The van der Waals surface area contributed by atoms with Gasteiger partial charge in [0.25, 0.3) is 0 Å². The molecule has 0 saturated heterocycles. The van der Waals surface area contributed by atoms with E-state index < -0.39 is 0 Å². The molecule has 0 N–H and O–H groups in total. The molecule has 2 heterocycles. The van der Waals surface area contributed by atoms with Crippen molar-refractivity contribution in [3.05, 3.63) is 48.0 Å². The minimum absolute atomic E-state index is 0.394. The molecule has 0 aliphatic carbocycles. The zero-order chi connectivity index (χ0) is 16.3. The molecule has 6 nitrogen and oxygen atoms in total. The van der Waals surface area contributed by atoms with Gasteiger partial charge < -0.3 is 9.47 Å². The highest BCUT2D eigenvalue weighted by molar-refractivity contribution is 5.71. The lowest BCUT2D eigenvalue weighted by molar-refractivity contribution is 0.111. The van der Waals surface area contributed by atoms with Crippen LogP contribution in [0, 0.1) is 0 Å². The maximum atomic E-state index is 10.5. The number of aldehydes is 2. The van der Waals surface area contributed by atoms with Crippen molar-refractivity contribution in [2.75, 3.05) is 13.2 Å². The van der Waals surface area contributed by atoms with Crippen molar-refractivity contribution in [3.63, 3.8) is 0 Å². The van der Waals surface area contributed by atoms with Crippen molar-refractivity contribution in [1.29, 1.82) is 0 Å². The largest absolute Gasteiger partial charge is 0.492 e. The summed E-state index contributed by atoms with van der Waals surface area (Å²) in [6.07, 6.45) is 7.27. The van der Waals surface area contributed by atoms with E-state index in [-0.39, 0.29) is 0 Å². The van der Waals surface area contributed by atoms with Gasteiger partial charge in [-0.3, -0.25) is 9.59 Å². The molecule has 0 bridgehead atoms. The van der Waals surface area contributed by atoms with E-state index in [0.29, 0.717) is 48.7 Å². The second kappa shape index (κ2) is 9.30. The molecule has 23 heavy (non-hydrogen) atoms. The van der Waals surface area contributed by atoms with Gasteiger partial charge >= 0.3 is 0 Å². The lowest BCUT2D eigenvalue weighted by Gasteiger charge is -2.07. The molecule has 6 heteroatoms. The number of unbranched alkanes of at least 4 members (excludes halogenated alkanes) is 2. The van der Waals surface area contributed by atoms with Crippen molar-refractivity contribution in [2.45, 2.75) is 19.3 Å². The standard InChI is InChI=1S/C17H18N2O4/c20-12-14-4-6-16(10-18-14)22-8-2-1-3-9-23-17-7-5-15(13-21)19-11-17/h4-7,10-13H,1-3,8-9H2. The first-order valence-electron chi connectivity index (χ1n) is 7.40. The van der Waals surface area contributed by atoms with Crippen LogP contribution >= 0.6 is 0 Å². The van der Waals surface area contributed by atoms with Crippen molar-refractivity contribution < 1.29 is 19.1 Å². The summed E-state index contributed by atoms with van der Waals surface area (Å²) in [6, 6.07) is 6.71. The molecule has 0 fully saturated rings. The second-order valence-electron chi connectivity index (χ2n) is 4.83. The van der Waals surface area contributed by atoms with Crippen LogP contribution < -0.4 is 9.47 Å². The third-order valence-corrected chi connectivity index (χ3v) is 3.09. The number of carbonyl (C=O) groups excluding carboxylic acids is 2. The molecule has 0 aliphatic heterocycles. The first-order chi connectivity index (χ1) is 11.3. The third-order valence-electron chi connectivity index (χ3n) is 3.09. The van der Waals surface area contributed by atoms with Crippen molar-refractivity contribution in [1.82, 2.24) is 9.97 Å². The fraction of sp³-hybridized carbons (Fsp3) is 0.294. The minimum atomic E-state index is 0.394. The van der Waals surface area contributed by atoms with Crippen LogP contribution in [0.2, 0.25) is 0 Å². The predicted molar refractivity (Wildman–Crippen MR) is 84.1 cm³/mol. The number of carbonyl (C=O) groups is 2. The van der Waals surface area contributed by atoms with E-state index >= 15 is 0 Å². The summed E-state index contributed by atoms with van der Waals surface area (Å²) in [7, 11) is 0. The molecule has 0 aromatic carbocycles. The Morgan fingerprint density at radius 2 is 1.22 bits per heavy atom. The Hall–Kier alpha value is -2.76. The summed E-state index contributed by atoms with van der Waals surface area (Å²) < 4.78 is 11.1. The quantitative estimate of drug-likeness (QED) is 0.495. The van der Waals surface area contributed by atoms with Gasteiger partial charge in [0.15, 0.2) is 12.6 Å². The molecule has 2 aromatic heterocycles. The monoisotopic (exact) mass is 314 g/mol. The van der Waals surface area contributed by atoms with Crippen LogP contribution in [0.4, 0.5) is 0 Å². The fourth-order valence-corrected chi connectivity index (χ4v) is 1.85. The van der Waals surface area contributed by atoms with Gasteiger partial charge in [-0.25, -0.2) is 9.97 Å². The summed E-state index contributed by atoms with van der Waals surface area (Å²) in [4.78, 5) is 28.8. The lowest BCUT2D eigenvalue weighted by Crippen LogP contribution is -2.01. The summed E-state index contributed by atoms with van der Waals surface area (Å²) in [6.45, 7) is 1.19. The average Bonchev–Trinajstić information content (AvgIpc) is 2.62. The van der Waals surface area contributed by atoms with E-state index in [1.54, 1.807) is 36.7 Å². The van der Waals surface area contributed by atoms with Crippen molar-refractivity contribution >= 4 is 12.6 Å². The van der Waals surface area contributed by atoms with Crippen LogP contribution in [-0.2, 0) is 0 Å². The zero-order valence-corrected chi connectivity index (χ0v) is 12.7. The SMILES string of the molecule is O=Cc1ccc(OCCCCCOc2ccc(C=O)nc2)cn1. The third kappa shape index (κ3) is 5.86. The summed E-state index contributed by atoms with van der Waals surface area (Å²) in [5, 5.41) is 0. The van der Waals surface area contributed by atoms with E-state index in [1.165, 1.54) is 0 Å². The molecule has 0 saturated carbocycles. The first kappa shape index (κ1) is 16.6. The van der Waals surface area contributed by atoms with Gasteiger partial charge in [0.1, 0.15) is 22.9 Å². The summed E-state index contributed by atoms with van der Waals surface area (Å²) in [5.41, 5.74) is 0.787. The molecule has 0 aliphatic rings. The van der Waals surface area contributed by atoms with Gasteiger partial charge in [-0.1, -0.05) is 0 Å². The van der Waals surface area contributed by atoms with Crippen LogP contribution in [0.3, 0.4) is 0 Å². The summed E-state index contributed by atoms with van der Waals surface area (Å²) >= 11 is 0. The topological polar surface area (TPSA) is 78.4 Å². The highest BCUT2D eigenvalue weighted by Crippen LogP contribution is 2.11. The predicted octanol–water partition coefficient (Wildman–Crippen LogP) is 2.73. The smallest absolute Gasteiger partial charge is 0.168 e. The van der Waals surface area contributed by atoms with Gasteiger partial charge in [-0.15, -0.1) is 0 Å². The molecule has 0 radical (unpaired) electrons. The van der Waals surface area contributed by atoms with E-state index in [1.807, 2.05) is 0 Å². The highest BCUT2D eigenvalue weighted by atomic mass is 16.5. The van der Waals surface area contributed by atoms with E-state index in [0.717, 1.165) is 19.3 Å². The summed E-state index contributed by atoms with van der Waals surface area (Å²) in [5.74, 6) is 1.32.